The van der Waals surface area contributed by atoms with Crippen molar-refractivity contribution in [1.82, 2.24) is 0 Å². The van der Waals surface area contributed by atoms with Crippen LogP contribution in [0.2, 0.25) is 0 Å². The first-order chi connectivity index (χ1) is 18.8. The van der Waals surface area contributed by atoms with Crippen molar-refractivity contribution in [2.24, 2.45) is 0 Å². The van der Waals surface area contributed by atoms with Crippen LogP contribution in [-0.4, -0.2) is 0 Å². The maximum atomic E-state index is 2.42. The lowest BCUT2D eigenvalue weighted by Gasteiger charge is -2.13. The van der Waals surface area contributed by atoms with Crippen molar-refractivity contribution < 1.29 is 4.57 Å². The van der Waals surface area contributed by atoms with E-state index in [2.05, 4.69) is 139 Å². The zero-order chi connectivity index (χ0) is 26.0. The second-order valence-corrected chi connectivity index (χ2v) is 10.1. The first-order valence-electron chi connectivity index (χ1n) is 14.2. The zero-order valence-corrected chi connectivity index (χ0v) is 22.5. The quantitative estimate of drug-likeness (QED) is 0.126. The summed E-state index contributed by atoms with van der Waals surface area (Å²) in [5, 5.41) is 0. The summed E-state index contributed by atoms with van der Waals surface area (Å²) < 4.78 is 2.42. The zero-order valence-electron chi connectivity index (χ0n) is 22.5. The number of aromatic nitrogens is 1. The van der Waals surface area contributed by atoms with Crippen LogP contribution < -0.4 is 4.57 Å². The van der Waals surface area contributed by atoms with Gasteiger partial charge in [-0.05, 0) is 53.8 Å². The Hall–Kier alpha value is -3.97. The summed E-state index contributed by atoms with van der Waals surface area (Å²) in [6.07, 6.45) is 9.15. The number of aryl methyl sites for hydroxylation is 1. The normalized spacial score (nSPS) is 11.0. The van der Waals surface area contributed by atoms with Gasteiger partial charge in [0.1, 0.15) is 0 Å². The van der Waals surface area contributed by atoms with Gasteiger partial charge in [-0.15, -0.1) is 0 Å². The lowest BCUT2D eigenvalue weighted by atomic mass is 9.98. The number of benzene rings is 4. The van der Waals surface area contributed by atoms with Crippen molar-refractivity contribution in [3.63, 3.8) is 0 Å². The molecular weight excluding hydrogens is 458 g/mol. The average molecular weight is 497 g/mol. The molecule has 0 fully saturated rings. The second-order valence-electron chi connectivity index (χ2n) is 10.1. The minimum atomic E-state index is 1.15. The summed E-state index contributed by atoms with van der Waals surface area (Å²) in [6.45, 7) is 2.28. The Morgan fingerprint density at radius 1 is 0.447 bits per heavy atom. The number of rotatable bonds is 11. The molecule has 0 atom stereocenters. The third kappa shape index (κ3) is 6.29. The summed E-state index contributed by atoms with van der Waals surface area (Å²) in [7, 11) is 0. The molecule has 0 amide bonds. The molecule has 1 aromatic heterocycles. The van der Waals surface area contributed by atoms with Gasteiger partial charge in [-0.3, -0.25) is 0 Å². The molecule has 0 saturated carbocycles. The summed E-state index contributed by atoms with van der Waals surface area (Å²) in [5.41, 5.74) is 9.85. The first kappa shape index (κ1) is 25.7. The molecule has 0 unspecified atom stereocenters. The molecule has 0 aliphatic rings. The Bertz CT molecular complexity index is 1340. The minimum Gasteiger partial charge on any atom is -0.153 e. The number of hydrogen-bond acceptors (Lipinski definition) is 0. The van der Waals surface area contributed by atoms with Gasteiger partial charge in [-0.2, -0.15) is 4.57 Å². The number of unbranched alkanes of at least 4 members (excludes halogenated alkanes) is 5. The predicted octanol–water partition coefficient (Wildman–Crippen LogP) is 9.87. The minimum absolute atomic E-state index is 1.15. The van der Waals surface area contributed by atoms with Crippen molar-refractivity contribution in [2.75, 3.05) is 0 Å². The van der Waals surface area contributed by atoms with Crippen LogP contribution in [-0.2, 0) is 6.42 Å². The van der Waals surface area contributed by atoms with E-state index in [0.29, 0.717) is 0 Å². The van der Waals surface area contributed by atoms with Crippen molar-refractivity contribution >= 4 is 0 Å². The Morgan fingerprint density at radius 3 is 1.45 bits per heavy atom. The van der Waals surface area contributed by atoms with E-state index in [-0.39, 0.29) is 0 Å². The molecule has 4 aromatic carbocycles. The summed E-state index contributed by atoms with van der Waals surface area (Å²) >= 11 is 0. The van der Waals surface area contributed by atoms with E-state index in [0.717, 1.165) is 6.42 Å². The molecule has 0 saturated heterocycles. The van der Waals surface area contributed by atoms with Crippen molar-refractivity contribution in [1.29, 1.82) is 0 Å². The summed E-state index contributed by atoms with van der Waals surface area (Å²) in [5.74, 6) is 0. The fourth-order valence-electron chi connectivity index (χ4n) is 5.23. The fraction of sp³-hybridized carbons (Fsp3) is 0.216. The molecule has 38 heavy (non-hydrogen) atoms. The molecule has 0 bridgehead atoms. The molecule has 0 aliphatic heterocycles. The molecular formula is C37H38N+. The lowest BCUT2D eigenvalue weighted by molar-refractivity contribution is -0.572. The molecule has 1 heteroatoms. The van der Waals surface area contributed by atoms with Crippen molar-refractivity contribution in [3.05, 3.63) is 133 Å². The first-order valence-corrected chi connectivity index (χ1v) is 14.2. The topological polar surface area (TPSA) is 3.88 Å². The van der Waals surface area contributed by atoms with E-state index in [9.17, 15) is 0 Å². The van der Waals surface area contributed by atoms with E-state index in [1.807, 2.05) is 0 Å². The highest BCUT2D eigenvalue weighted by atomic mass is 15.0. The second kappa shape index (κ2) is 13.0. The molecule has 5 aromatic rings. The molecule has 0 N–H and O–H groups in total. The Morgan fingerprint density at radius 2 is 0.921 bits per heavy atom. The van der Waals surface area contributed by atoms with Crippen LogP contribution in [0.15, 0.2) is 127 Å². The Kier molecular flexibility index (Phi) is 8.79. The van der Waals surface area contributed by atoms with Crippen LogP contribution >= 0.6 is 0 Å². The van der Waals surface area contributed by atoms with E-state index in [4.69, 9.17) is 0 Å². The highest BCUT2D eigenvalue weighted by molar-refractivity contribution is 5.74. The maximum absolute atomic E-state index is 2.42. The number of pyridine rings is 1. The van der Waals surface area contributed by atoms with Crippen LogP contribution in [0.3, 0.4) is 0 Å². The number of hydrogen-bond donors (Lipinski definition) is 0. The highest BCUT2D eigenvalue weighted by Crippen LogP contribution is 2.30. The monoisotopic (exact) mass is 496 g/mol. The van der Waals surface area contributed by atoms with Gasteiger partial charge in [0.15, 0.2) is 0 Å². The van der Waals surface area contributed by atoms with Crippen LogP contribution in [0.5, 0.6) is 0 Å². The average Bonchev–Trinajstić information content (AvgIpc) is 3.00. The standard InChI is InChI=1S/C37H38N/c1-2-3-4-5-6-10-17-30-24-26-35(27-25-30)38-36(32-20-13-8-14-21-32)28-34(31-18-11-7-12-19-31)29-37(38)33-22-15-9-16-23-33/h7-9,11-16,18-29H,2-6,10,17H2,1H3/q+1. The third-order valence-corrected chi connectivity index (χ3v) is 7.33. The van der Waals surface area contributed by atoms with Crippen LogP contribution in [0, 0.1) is 0 Å². The Balaban J connectivity index is 1.57. The lowest BCUT2D eigenvalue weighted by Crippen LogP contribution is -2.36. The van der Waals surface area contributed by atoms with Gasteiger partial charge in [0.05, 0.1) is 0 Å². The van der Waals surface area contributed by atoms with E-state index in [1.54, 1.807) is 0 Å². The summed E-state index contributed by atoms with van der Waals surface area (Å²) in [6, 6.07) is 46.1. The third-order valence-electron chi connectivity index (χ3n) is 7.33. The number of nitrogens with zero attached hydrogens (tertiary/aromatic N) is 1. The van der Waals surface area contributed by atoms with Crippen molar-refractivity contribution in [3.8, 4) is 39.3 Å². The van der Waals surface area contributed by atoms with Gasteiger partial charge >= 0.3 is 0 Å². The molecule has 1 heterocycles. The van der Waals surface area contributed by atoms with E-state index in [1.165, 1.54) is 83.4 Å². The Labute approximate surface area is 228 Å². The van der Waals surface area contributed by atoms with Crippen LogP contribution in [0.4, 0.5) is 0 Å². The predicted molar refractivity (Wildman–Crippen MR) is 161 cm³/mol. The van der Waals surface area contributed by atoms with Crippen LogP contribution in [0.25, 0.3) is 39.3 Å². The smallest absolute Gasteiger partial charge is 0.153 e. The molecule has 0 aliphatic carbocycles. The maximum Gasteiger partial charge on any atom is 0.219 e. The van der Waals surface area contributed by atoms with Gasteiger partial charge < -0.3 is 0 Å². The van der Waals surface area contributed by atoms with E-state index >= 15 is 0 Å². The van der Waals surface area contributed by atoms with Gasteiger partial charge in [0.2, 0.25) is 17.1 Å². The van der Waals surface area contributed by atoms with Gasteiger partial charge in [0, 0.05) is 35.4 Å². The van der Waals surface area contributed by atoms with E-state index < -0.39 is 0 Å². The molecule has 0 spiro atoms. The molecule has 5 rings (SSSR count). The van der Waals surface area contributed by atoms with Crippen molar-refractivity contribution in [2.45, 2.75) is 51.9 Å². The van der Waals surface area contributed by atoms with Gasteiger partial charge in [-0.1, -0.05) is 118 Å². The van der Waals surface area contributed by atoms with Gasteiger partial charge in [-0.25, -0.2) is 0 Å². The molecule has 190 valence electrons. The van der Waals surface area contributed by atoms with Crippen LogP contribution in [0.1, 0.15) is 51.0 Å². The SMILES string of the molecule is CCCCCCCCc1ccc(-[n+]2c(-c3ccccc3)cc(-c3ccccc3)cc2-c2ccccc2)cc1. The van der Waals surface area contributed by atoms with Gasteiger partial charge in [0.25, 0.3) is 0 Å². The fourth-order valence-corrected chi connectivity index (χ4v) is 5.23. The molecule has 0 radical (unpaired) electrons. The molecule has 1 nitrogen and oxygen atoms in total. The summed E-state index contributed by atoms with van der Waals surface area (Å²) in [4.78, 5) is 0. The largest absolute Gasteiger partial charge is 0.219 e. The highest BCUT2D eigenvalue weighted by Gasteiger charge is 2.24.